The van der Waals surface area contributed by atoms with Gasteiger partial charge in [-0.05, 0) is 18.2 Å². The van der Waals surface area contributed by atoms with E-state index in [4.69, 9.17) is 10.2 Å². The van der Waals surface area contributed by atoms with Crippen molar-refractivity contribution in [2.45, 2.75) is 0 Å². The molecule has 1 amide bonds. The molecule has 0 spiro atoms. The Hall–Kier alpha value is -3.92. The summed E-state index contributed by atoms with van der Waals surface area (Å²) in [5.74, 6) is 1.48. The zero-order valence-electron chi connectivity index (χ0n) is 16.1. The first-order valence-corrected chi connectivity index (χ1v) is 9.58. The van der Waals surface area contributed by atoms with Gasteiger partial charge in [0.1, 0.15) is 17.8 Å². The van der Waals surface area contributed by atoms with E-state index >= 15 is 0 Å². The van der Waals surface area contributed by atoms with Gasteiger partial charge in [0, 0.05) is 38.6 Å². The molecule has 30 heavy (non-hydrogen) atoms. The molecule has 1 fully saturated rings. The van der Waals surface area contributed by atoms with Crippen LogP contribution in [0.3, 0.4) is 0 Å². The maximum Gasteiger partial charge on any atom is 0.251 e. The summed E-state index contributed by atoms with van der Waals surface area (Å²) >= 11 is 0. The van der Waals surface area contributed by atoms with Crippen molar-refractivity contribution in [2.24, 2.45) is 5.73 Å². The number of primary amides is 1. The molecule has 5 rings (SSSR count). The number of anilines is 3. The van der Waals surface area contributed by atoms with Crippen molar-refractivity contribution in [1.29, 1.82) is 0 Å². The minimum Gasteiger partial charge on any atom is -0.462 e. The SMILES string of the molecule is NC(=O)c1coc(-c2cnc(Nc3ccc(N4CCNCC4)nc3)c3nccn23)c1. The summed E-state index contributed by atoms with van der Waals surface area (Å²) in [5.41, 5.74) is 7.71. The zero-order chi connectivity index (χ0) is 20.5. The van der Waals surface area contributed by atoms with Crippen molar-refractivity contribution in [3.05, 3.63) is 54.8 Å². The maximum atomic E-state index is 11.3. The summed E-state index contributed by atoms with van der Waals surface area (Å²) in [6.07, 6.45) is 8.25. The zero-order valence-corrected chi connectivity index (χ0v) is 16.1. The fraction of sp³-hybridized carbons (Fsp3) is 0.200. The number of nitrogens with zero attached hydrogens (tertiary/aromatic N) is 5. The van der Waals surface area contributed by atoms with Crippen LogP contribution in [0.25, 0.3) is 17.1 Å². The van der Waals surface area contributed by atoms with E-state index in [9.17, 15) is 4.79 Å². The van der Waals surface area contributed by atoms with E-state index in [0.717, 1.165) is 37.7 Å². The fourth-order valence-corrected chi connectivity index (χ4v) is 3.47. The van der Waals surface area contributed by atoms with E-state index in [-0.39, 0.29) is 0 Å². The lowest BCUT2D eigenvalue weighted by molar-refractivity contribution is 0.0999. The van der Waals surface area contributed by atoms with Crippen LogP contribution in [0.4, 0.5) is 17.3 Å². The van der Waals surface area contributed by atoms with Gasteiger partial charge in [-0.15, -0.1) is 0 Å². The minimum atomic E-state index is -0.546. The maximum absolute atomic E-state index is 11.3. The second kappa shape index (κ2) is 7.48. The number of rotatable bonds is 5. The molecule has 10 nitrogen and oxygen atoms in total. The molecule has 152 valence electrons. The minimum absolute atomic E-state index is 0.302. The Morgan fingerprint density at radius 3 is 2.77 bits per heavy atom. The average Bonchev–Trinajstić information content (AvgIpc) is 3.46. The van der Waals surface area contributed by atoms with Crippen molar-refractivity contribution in [1.82, 2.24) is 24.7 Å². The van der Waals surface area contributed by atoms with Crippen molar-refractivity contribution >= 4 is 28.9 Å². The number of hydrogen-bond acceptors (Lipinski definition) is 8. The molecule has 0 unspecified atom stereocenters. The molecule has 1 aliphatic heterocycles. The van der Waals surface area contributed by atoms with Gasteiger partial charge in [0.25, 0.3) is 5.91 Å². The Balaban J connectivity index is 1.41. The van der Waals surface area contributed by atoms with Crippen molar-refractivity contribution in [2.75, 3.05) is 36.4 Å². The number of piperazine rings is 1. The second-order valence-corrected chi connectivity index (χ2v) is 6.94. The highest BCUT2D eigenvalue weighted by atomic mass is 16.3. The molecule has 10 heteroatoms. The van der Waals surface area contributed by atoms with Gasteiger partial charge < -0.3 is 25.7 Å². The summed E-state index contributed by atoms with van der Waals surface area (Å²) < 4.78 is 7.32. The Kier molecular flexibility index (Phi) is 4.52. The highest BCUT2D eigenvalue weighted by Crippen LogP contribution is 2.27. The fourth-order valence-electron chi connectivity index (χ4n) is 3.47. The lowest BCUT2D eigenvalue weighted by atomic mass is 10.2. The van der Waals surface area contributed by atoms with Crippen LogP contribution in [0, 0.1) is 0 Å². The third-order valence-electron chi connectivity index (χ3n) is 5.02. The molecule has 0 saturated carbocycles. The third kappa shape index (κ3) is 3.33. The van der Waals surface area contributed by atoms with Gasteiger partial charge in [-0.2, -0.15) is 0 Å². The van der Waals surface area contributed by atoms with Crippen LogP contribution in [0.2, 0.25) is 0 Å². The Labute approximate surface area is 171 Å². The number of pyridine rings is 1. The molecule has 0 aliphatic carbocycles. The summed E-state index contributed by atoms with van der Waals surface area (Å²) in [7, 11) is 0. The summed E-state index contributed by atoms with van der Waals surface area (Å²) in [6.45, 7) is 3.82. The van der Waals surface area contributed by atoms with Crippen LogP contribution < -0.4 is 21.3 Å². The Bertz CT molecular complexity index is 1190. The third-order valence-corrected chi connectivity index (χ3v) is 5.02. The van der Waals surface area contributed by atoms with Gasteiger partial charge in [0.2, 0.25) is 0 Å². The smallest absolute Gasteiger partial charge is 0.251 e. The van der Waals surface area contributed by atoms with Crippen LogP contribution >= 0.6 is 0 Å². The number of amides is 1. The van der Waals surface area contributed by atoms with Crippen molar-refractivity contribution in [3.8, 4) is 11.5 Å². The predicted molar refractivity (Wildman–Crippen MR) is 112 cm³/mol. The highest BCUT2D eigenvalue weighted by Gasteiger charge is 2.15. The summed E-state index contributed by atoms with van der Waals surface area (Å²) in [5, 5.41) is 6.61. The summed E-state index contributed by atoms with van der Waals surface area (Å²) in [4.78, 5) is 27.1. The molecule has 1 saturated heterocycles. The second-order valence-electron chi connectivity index (χ2n) is 6.94. The molecule has 0 radical (unpaired) electrons. The van der Waals surface area contributed by atoms with Crippen LogP contribution in [0.1, 0.15) is 10.4 Å². The van der Waals surface area contributed by atoms with E-state index in [1.54, 1.807) is 30.9 Å². The van der Waals surface area contributed by atoms with E-state index in [1.165, 1.54) is 6.26 Å². The van der Waals surface area contributed by atoms with Gasteiger partial charge in [0.15, 0.2) is 17.2 Å². The van der Waals surface area contributed by atoms with Crippen LogP contribution in [0.15, 0.2) is 53.7 Å². The Morgan fingerprint density at radius 1 is 1.17 bits per heavy atom. The van der Waals surface area contributed by atoms with Gasteiger partial charge >= 0.3 is 0 Å². The first-order valence-electron chi connectivity index (χ1n) is 9.58. The van der Waals surface area contributed by atoms with E-state index < -0.39 is 5.91 Å². The van der Waals surface area contributed by atoms with E-state index in [2.05, 4.69) is 30.5 Å². The van der Waals surface area contributed by atoms with Crippen LogP contribution in [-0.2, 0) is 0 Å². The predicted octanol–water partition coefficient (Wildman–Crippen LogP) is 1.64. The van der Waals surface area contributed by atoms with Crippen molar-refractivity contribution < 1.29 is 9.21 Å². The standard InChI is InChI=1S/C20H20N8O2/c21-18(29)13-9-16(30-12-13)15-11-25-19(20-23-5-8-28(15)20)26-14-1-2-17(24-10-14)27-6-3-22-4-7-27/h1-2,5,8-12,22H,3-4,6-7H2,(H2,21,29)(H,25,26). The first kappa shape index (κ1) is 18.1. The number of fused-ring (bicyclic) bond motifs is 1. The molecule has 4 aromatic heterocycles. The number of carbonyl (C=O) groups excluding carboxylic acids is 1. The first-order chi connectivity index (χ1) is 14.7. The number of nitrogens with two attached hydrogens (primary N) is 1. The number of hydrogen-bond donors (Lipinski definition) is 3. The lowest BCUT2D eigenvalue weighted by Crippen LogP contribution is -2.43. The number of imidazole rings is 1. The number of aromatic nitrogens is 4. The molecular formula is C20H20N8O2. The Morgan fingerprint density at radius 2 is 2.03 bits per heavy atom. The molecular weight excluding hydrogens is 384 g/mol. The van der Waals surface area contributed by atoms with Gasteiger partial charge in [-0.25, -0.2) is 15.0 Å². The molecule has 0 bridgehead atoms. The van der Waals surface area contributed by atoms with E-state index in [1.807, 2.05) is 16.5 Å². The molecule has 5 heterocycles. The quantitative estimate of drug-likeness (QED) is 0.458. The van der Waals surface area contributed by atoms with Gasteiger partial charge in [-0.1, -0.05) is 0 Å². The largest absolute Gasteiger partial charge is 0.462 e. The van der Waals surface area contributed by atoms with Crippen molar-refractivity contribution in [3.63, 3.8) is 0 Å². The summed E-state index contributed by atoms with van der Waals surface area (Å²) in [6, 6.07) is 5.56. The van der Waals surface area contributed by atoms with E-state index in [0.29, 0.717) is 28.5 Å². The molecule has 4 aromatic rings. The normalized spacial score (nSPS) is 14.2. The van der Waals surface area contributed by atoms with Gasteiger partial charge in [-0.3, -0.25) is 9.20 Å². The molecule has 0 atom stereocenters. The highest BCUT2D eigenvalue weighted by molar-refractivity contribution is 5.93. The monoisotopic (exact) mass is 404 g/mol. The number of nitrogens with one attached hydrogen (secondary N) is 2. The van der Waals surface area contributed by atoms with Gasteiger partial charge in [0.05, 0.1) is 23.6 Å². The topological polar surface area (TPSA) is 127 Å². The molecule has 4 N–H and O–H groups in total. The molecule has 1 aliphatic rings. The number of carbonyl (C=O) groups is 1. The van der Waals surface area contributed by atoms with Crippen LogP contribution in [-0.4, -0.2) is 51.4 Å². The number of furan rings is 1. The average molecular weight is 404 g/mol. The molecule has 0 aromatic carbocycles. The van der Waals surface area contributed by atoms with Crippen LogP contribution in [0.5, 0.6) is 0 Å². The lowest BCUT2D eigenvalue weighted by Gasteiger charge is -2.28.